The zero-order valence-electron chi connectivity index (χ0n) is 14.9. The number of hydrogen-bond acceptors (Lipinski definition) is 4. The highest BCUT2D eigenvalue weighted by Crippen LogP contribution is 2.27. The third kappa shape index (κ3) is 5.11. The molecule has 2 aromatic carbocycles. The summed E-state index contributed by atoms with van der Waals surface area (Å²) in [4.78, 5) is 0. The quantitative estimate of drug-likeness (QED) is 0.533. The van der Waals surface area contributed by atoms with Crippen molar-refractivity contribution in [3.05, 3.63) is 82.2 Å². The topological polar surface area (TPSA) is 58.2 Å². The van der Waals surface area contributed by atoms with Gasteiger partial charge in [-0.15, -0.1) is 11.3 Å². The molecule has 2 N–H and O–H groups in total. The standard InChI is InChI=1S/C20H21ClN2O2S2/c1-2-15-8-6-7-11-17(15)23-18(16-9-4-3-5-10-16)14-22-27(24,25)20-13-12-19(21)26-20/h3-13,18,22-23H,2,14H2,1H3/t18-/m0/s1. The molecular formula is C20H21ClN2O2S2. The van der Waals surface area contributed by atoms with Gasteiger partial charge in [-0.2, -0.15) is 0 Å². The second-order valence-electron chi connectivity index (χ2n) is 6.03. The van der Waals surface area contributed by atoms with Crippen molar-refractivity contribution in [1.82, 2.24) is 4.72 Å². The van der Waals surface area contributed by atoms with Gasteiger partial charge in [0, 0.05) is 12.2 Å². The van der Waals surface area contributed by atoms with Gasteiger partial charge < -0.3 is 5.32 Å². The minimum atomic E-state index is -3.61. The summed E-state index contributed by atoms with van der Waals surface area (Å²) >= 11 is 6.93. The van der Waals surface area contributed by atoms with Crippen molar-refractivity contribution >= 4 is 38.6 Å². The Morgan fingerprint density at radius 1 is 1.00 bits per heavy atom. The van der Waals surface area contributed by atoms with E-state index in [0.29, 0.717) is 4.34 Å². The molecule has 0 radical (unpaired) electrons. The molecule has 0 aliphatic rings. The van der Waals surface area contributed by atoms with Gasteiger partial charge in [0.1, 0.15) is 4.21 Å². The van der Waals surface area contributed by atoms with E-state index in [1.54, 1.807) is 6.07 Å². The number of anilines is 1. The minimum absolute atomic E-state index is 0.205. The van der Waals surface area contributed by atoms with Crippen molar-refractivity contribution in [1.29, 1.82) is 0 Å². The first-order chi connectivity index (χ1) is 13.0. The molecule has 0 amide bonds. The summed E-state index contributed by atoms with van der Waals surface area (Å²) in [6.07, 6.45) is 0.893. The fraction of sp³-hybridized carbons (Fsp3) is 0.200. The van der Waals surface area contributed by atoms with Crippen molar-refractivity contribution in [2.24, 2.45) is 0 Å². The predicted octanol–water partition coefficient (Wildman–Crippen LogP) is 5.10. The Hall–Kier alpha value is -1.86. The maximum Gasteiger partial charge on any atom is 0.250 e. The molecule has 3 rings (SSSR count). The van der Waals surface area contributed by atoms with E-state index in [2.05, 4.69) is 23.0 Å². The molecule has 0 bridgehead atoms. The number of halogens is 1. The van der Waals surface area contributed by atoms with Crippen LogP contribution in [0.1, 0.15) is 24.1 Å². The van der Waals surface area contributed by atoms with Crippen LogP contribution in [0, 0.1) is 0 Å². The lowest BCUT2D eigenvalue weighted by Crippen LogP contribution is -2.31. The van der Waals surface area contributed by atoms with E-state index in [9.17, 15) is 8.42 Å². The molecule has 1 aromatic heterocycles. The van der Waals surface area contributed by atoms with Crippen molar-refractivity contribution in [3.8, 4) is 0 Å². The van der Waals surface area contributed by atoms with E-state index in [1.165, 1.54) is 11.6 Å². The summed E-state index contributed by atoms with van der Waals surface area (Å²) < 4.78 is 28.5. The summed E-state index contributed by atoms with van der Waals surface area (Å²) in [6, 6.07) is 20.8. The molecule has 1 heterocycles. The highest BCUT2D eigenvalue weighted by atomic mass is 35.5. The molecule has 0 unspecified atom stereocenters. The highest BCUT2D eigenvalue weighted by Gasteiger charge is 2.20. The minimum Gasteiger partial charge on any atom is -0.377 e. The van der Waals surface area contributed by atoms with Gasteiger partial charge in [-0.3, -0.25) is 0 Å². The smallest absolute Gasteiger partial charge is 0.250 e. The monoisotopic (exact) mass is 420 g/mol. The molecule has 7 heteroatoms. The Morgan fingerprint density at radius 3 is 2.37 bits per heavy atom. The van der Waals surface area contributed by atoms with Crippen LogP contribution in [0.4, 0.5) is 5.69 Å². The van der Waals surface area contributed by atoms with Crippen molar-refractivity contribution < 1.29 is 8.42 Å². The third-order valence-electron chi connectivity index (χ3n) is 4.22. The number of hydrogen-bond donors (Lipinski definition) is 2. The number of aryl methyl sites for hydroxylation is 1. The SMILES string of the molecule is CCc1ccccc1N[C@@H](CNS(=O)(=O)c1ccc(Cl)s1)c1ccccc1. The first-order valence-corrected chi connectivity index (χ1v) is 11.3. The van der Waals surface area contributed by atoms with Crippen LogP contribution in [0.5, 0.6) is 0 Å². The Labute approximate surface area is 169 Å². The molecule has 0 fully saturated rings. The van der Waals surface area contributed by atoms with E-state index >= 15 is 0 Å². The van der Waals surface area contributed by atoms with Crippen molar-refractivity contribution in [3.63, 3.8) is 0 Å². The van der Waals surface area contributed by atoms with Gasteiger partial charge in [0.2, 0.25) is 10.0 Å². The molecule has 0 aliphatic heterocycles. The van der Waals surface area contributed by atoms with Gasteiger partial charge in [0.15, 0.2) is 0 Å². The van der Waals surface area contributed by atoms with Gasteiger partial charge in [-0.25, -0.2) is 13.1 Å². The molecule has 0 saturated carbocycles. The summed E-state index contributed by atoms with van der Waals surface area (Å²) in [5, 5.41) is 3.49. The first kappa shape index (κ1) is 19.9. The van der Waals surface area contributed by atoms with Gasteiger partial charge >= 0.3 is 0 Å². The molecule has 0 saturated heterocycles. The average Bonchev–Trinajstić information content (AvgIpc) is 3.13. The van der Waals surface area contributed by atoms with Crippen LogP contribution >= 0.6 is 22.9 Å². The van der Waals surface area contributed by atoms with Gasteiger partial charge in [0.25, 0.3) is 0 Å². The number of thiophene rings is 1. The van der Waals surface area contributed by atoms with Crippen LogP contribution in [0.3, 0.4) is 0 Å². The van der Waals surface area contributed by atoms with Crippen LogP contribution in [-0.2, 0) is 16.4 Å². The molecule has 3 aromatic rings. The summed E-state index contributed by atoms with van der Waals surface area (Å²) in [5.74, 6) is 0. The van der Waals surface area contributed by atoms with E-state index in [0.717, 1.165) is 29.0 Å². The number of rotatable bonds is 8. The molecule has 0 aliphatic carbocycles. The molecule has 1 atom stereocenters. The van der Waals surface area contributed by atoms with Crippen LogP contribution in [0.25, 0.3) is 0 Å². The highest BCUT2D eigenvalue weighted by molar-refractivity contribution is 7.91. The molecule has 4 nitrogen and oxygen atoms in total. The summed E-state index contributed by atoms with van der Waals surface area (Å²) in [5.41, 5.74) is 3.20. The lowest BCUT2D eigenvalue weighted by Gasteiger charge is -2.22. The summed E-state index contributed by atoms with van der Waals surface area (Å²) in [6.45, 7) is 2.32. The fourth-order valence-corrected chi connectivity index (χ4v) is 5.38. The van der Waals surface area contributed by atoms with Gasteiger partial charge in [-0.1, -0.05) is 67.1 Å². The van der Waals surface area contributed by atoms with Crippen LogP contribution in [0.2, 0.25) is 4.34 Å². The van der Waals surface area contributed by atoms with E-state index in [4.69, 9.17) is 11.6 Å². The number of para-hydroxylation sites is 1. The molecule has 27 heavy (non-hydrogen) atoms. The fourth-order valence-electron chi connectivity index (χ4n) is 2.80. The average molecular weight is 421 g/mol. The maximum atomic E-state index is 12.6. The van der Waals surface area contributed by atoms with Crippen LogP contribution in [0.15, 0.2) is 70.9 Å². The normalized spacial score (nSPS) is 12.7. The predicted molar refractivity (Wildman–Crippen MR) is 113 cm³/mol. The number of sulfonamides is 1. The van der Waals surface area contributed by atoms with E-state index in [1.807, 2.05) is 48.5 Å². The van der Waals surface area contributed by atoms with Crippen molar-refractivity contribution in [2.45, 2.75) is 23.6 Å². The summed E-state index contributed by atoms with van der Waals surface area (Å²) in [7, 11) is -3.61. The number of benzene rings is 2. The molecule has 0 spiro atoms. The van der Waals surface area contributed by atoms with Gasteiger partial charge in [-0.05, 0) is 35.7 Å². The second kappa shape index (κ2) is 8.89. The Bertz CT molecular complexity index is 988. The van der Waals surface area contributed by atoms with Crippen LogP contribution < -0.4 is 10.0 Å². The lowest BCUT2D eigenvalue weighted by atomic mass is 10.0. The number of nitrogens with one attached hydrogen (secondary N) is 2. The Kier molecular flexibility index (Phi) is 6.55. The zero-order chi connectivity index (χ0) is 19.3. The first-order valence-electron chi connectivity index (χ1n) is 8.64. The molecular weight excluding hydrogens is 400 g/mol. The molecule has 142 valence electrons. The largest absolute Gasteiger partial charge is 0.377 e. The van der Waals surface area contributed by atoms with E-state index < -0.39 is 10.0 Å². The lowest BCUT2D eigenvalue weighted by molar-refractivity contribution is 0.578. The van der Waals surface area contributed by atoms with Crippen LogP contribution in [-0.4, -0.2) is 15.0 Å². The maximum absolute atomic E-state index is 12.6. The zero-order valence-corrected chi connectivity index (χ0v) is 17.2. The Morgan fingerprint density at radius 2 is 1.70 bits per heavy atom. The second-order valence-corrected chi connectivity index (χ2v) is 9.74. The van der Waals surface area contributed by atoms with Crippen molar-refractivity contribution in [2.75, 3.05) is 11.9 Å². The van der Waals surface area contributed by atoms with Gasteiger partial charge in [0.05, 0.1) is 10.4 Å². The third-order valence-corrected chi connectivity index (χ3v) is 7.37. The van der Waals surface area contributed by atoms with E-state index in [-0.39, 0.29) is 16.8 Å². The Balaban J connectivity index is 1.83.